The van der Waals surface area contributed by atoms with E-state index in [1.807, 2.05) is 0 Å². The van der Waals surface area contributed by atoms with Gasteiger partial charge < -0.3 is 15.8 Å². The number of methoxy groups -OCH3 is 1. The summed E-state index contributed by atoms with van der Waals surface area (Å²) in [7, 11) is 1.58. The molecule has 4 nitrogen and oxygen atoms in total. The van der Waals surface area contributed by atoms with E-state index in [0.717, 1.165) is 12.0 Å². The Bertz CT molecular complexity index is 449. The Morgan fingerprint density at radius 1 is 1.45 bits per heavy atom. The molecule has 0 aliphatic heterocycles. The second kappa shape index (κ2) is 8.12. The third-order valence-corrected chi connectivity index (χ3v) is 3.23. The monoisotopic (exact) mass is 298 g/mol. The van der Waals surface area contributed by atoms with Gasteiger partial charge in [-0.25, -0.2) is 0 Å². The first-order valence-electron chi connectivity index (χ1n) is 6.78. The fraction of sp³-hybridized carbons (Fsp3) is 0.533. The quantitative estimate of drug-likeness (QED) is 0.812. The number of rotatable bonds is 7. The Morgan fingerprint density at radius 2 is 2.15 bits per heavy atom. The summed E-state index contributed by atoms with van der Waals surface area (Å²) in [4.78, 5) is 12.1. The smallest absolute Gasteiger partial charge is 0.224 e. The Balaban J connectivity index is 2.68. The van der Waals surface area contributed by atoms with E-state index in [1.165, 1.54) is 0 Å². The standard InChI is InChI=1S/C15H23ClN2O2/c1-10(2)6-13(9-17)18-15(19)8-11-7-12(16)4-5-14(11)20-3/h4-5,7,10,13H,6,8-9,17H2,1-3H3,(H,18,19). The summed E-state index contributed by atoms with van der Waals surface area (Å²) in [6.07, 6.45) is 1.10. The zero-order valence-electron chi connectivity index (χ0n) is 12.3. The van der Waals surface area contributed by atoms with Gasteiger partial charge in [0, 0.05) is 23.2 Å². The van der Waals surface area contributed by atoms with Gasteiger partial charge in [0.25, 0.3) is 0 Å². The molecule has 0 radical (unpaired) electrons. The van der Waals surface area contributed by atoms with Crippen molar-refractivity contribution in [1.29, 1.82) is 0 Å². The van der Waals surface area contributed by atoms with Crippen LogP contribution in [0, 0.1) is 5.92 Å². The van der Waals surface area contributed by atoms with E-state index in [0.29, 0.717) is 23.2 Å². The number of carbonyl (C=O) groups excluding carboxylic acids is 1. The van der Waals surface area contributed by atoms with Gasteiger partial charge >= 0.3 is 0 Å². The molecular weight excluding hydrogens is 276 g/mol. The maximum atomic E-state index is 12.1. The molecule has 3 N–H and O–H groups in total. The van der Waals surface area contributed by atoms with Gasteiger partial charge in [0.2, 0.25) is 5.91 Å². The van der Waals surface area contributed by atoms with Gasteiger partial charge in [-0.2, -0.15) is 0 Å². The Labute approximate surface area is 125 Å². The summed E-state index contributed by atoms with van der Waals surface area (Å²) in [5.74, 6) is 1.09. The number of halogens is 1. The number of carbonyl (C=O) groups is 1. The van der Waals surface area contributed by atoms with Crippen molar-refractivity contribution >= 4 is 17.5 Å². The molecule has 0 saturated heterocycles. The Hall–Kier alpha value is -1.26. The van der Waals surface area contributed by atoms with Gasteiger partial charge in [-0.3, -0.25) is 4.79 Å². The first kappa shape index (κ1) is 16.8. The summed E-state index contributed by atoms with van der Waals surface area (Å²) in [6, 6.07) is 5.26. The summed E-state index contributed by atoms with van der Waals surface area (Å²) in [5.41, 5.74) is 6.46. The average Bonchev–Trinajstić information content (AvgIpc) is 2.37. The van der Waals surface area contributed by atoms with E-state index in [9.17, 15) is 4.79 Å². The van der Waals surface area contributed by atoms with E-state index in [4.69, 9.17) is 22.1 Å². The molecule has 0 heterocycles. The zero-order chi connectivity index (χ0) is 15.1. The van der Waals surface area contributed by atoms with Gasteiger partial charge in [-0.05, 0) is 30.5 Å². The van der Waals surface area contributed by atoms with Crippen molar-refractivity contribution in [3.63, 3.8) is 0 Å². The van der Waals surface area contributed by atoms with Crippen molar-refractivity contribution in [3.05, 3.63) is 28.8 Å². The van der Waals surface area contributed by atoms with E-state index in [2.05, 4.69) is 19.2 Å². The number of amides is 1. The van der Waals surface area contributed by atoms with Crippen molar-refractivity contribution in [2.45, 2.75) is 32.7 Å². The normalized spacial score (nSPS) is 12.3. The highest BCUT2D eigenvalue weighted by atomic mass is 35.5. The lowest BCUT2D eigenvalue weighted by Crippen LogP contribution is -2.41. The summed E-state index contributed by atoms with van der Waals surface area (Å²) >= 11 is 5.95. The van der Waals surface area contributed by atoms with Crippen LogP contribution in [0.15, 0.2) is 18.2 Å². The van der Waals surface area contributed by atoms with Crippen LogP contribution in [0.4, 0.5) is 0 Å². The van der Waals surface area contributed by atoms with Crippen LogP contribution in [-0.2, 0) is 11.2 Å². The predicted molar refractivity (Wildman–Crippen MR) is 82.1 cm³/mol. The summed E-state index contributed by atoms with van der Waals surface area (Å²) in [6.45, 7) is 4.65. The molecule has 0 aliphatic carbocycles. The maximum Gasteiger partial charge on any atom is 0.224 e. The second-order valence-corrected chi connectivity index (χ2v) is 5.70. The van der Waals surface area contributed by atoms with Crippen LogP contribution < -0.4 is 15.8 Å². The molecule has 0 bridgehead atoms. The molecular formula is C15H23ClN2O2. The molecule has 0 aliphatic rings. The van der Waals surface area contributed by atoms with Crippen molar-refractivity contribution in [1.82, 2.24) is 5.32 Å². The number of benzene rings is 1. The van der Waals surface area contributed by atoms with Gasteiger partial charge in [0.05, 0.1) is 13.5 Å². The van der Waals surface area contributed by atoms with E-state index in [1.54, 1.807) is 25.3 Å². The van der Waals surface area contributed by atoms with Gasteiger partial charge in [0.1, 0.15) is 5.75 Å². The van der Waals surface area contributed by atoms with Crippen LogP contribution >= 0.6 is 11.6 Å². The first-order valence-corrected chi connectivity index (χ1v) is 7.15. The zero-order valence-corrected chi connectivity index (χ0v) is 13.0. The fourth-order valence-electron chi connectivity index (χ4n) is 2.12. The van der Waals surface area contributed by atoms with Crippen LogP contribution in [0.3, 0.4) is 0 Å². The van der Waals surface area contributed by atoms with Crippen molar-refractivity contribution in [2.75, 3.05) is 13.7 Å². The number of hydrogen-bond acceptors (Lipinski definition) is 3. The van der Waals surface area contributed by atoms with Crippen LogP contribution in [0.25, 0.3) is 0 Å². The maximum absolute atomic E-state index is 12.1. The minimum absolute atomic E-state index is 0.00711. The van der Waals surface area contributed by atoms with E-state index >= 15 is 0 Å². The molecule has 1 atom stereocenters. The van der Waals surface area contributed by atoms with Crippen molar-refractivity contribution in [2.24, 2.45) is 11.7 Å². The molecule has 20 heavy (non-hydrogen) atoms. The molecule has 0 fully saturated rings. The Kier molecular flexibility index (Phi) is 6.82. The molecule has 1 aromatic rings. The second-order valence-electron chi connectivity index (χ2n) is 5.26. The van der Waals surface area contributed by atoms with Crippen LogP contribution in [0.1, 0.15) is 25.8 Å². The number of hydrogen-bond donors (Lipinski definition) is 2. The fourth-order valence-corrected chi connectivity index (χ4v) is 2.31. The number of ether oxygens (including phenoxy) is 1. The summed E-state index contributed by atoms with van der Waals surface area (Å²) in [5, 5.41) is 3.54. The lowest BCUT2D eigenvalue weighted by molar-refractivity contribution is -0.121. The largest absolute Gasteiger partial charge is 0.496 e. The van der Waals surface area contributed by atoms with Gasteiger partial charge in [-0.15, -0.1) is 0 Å². The molecule has 112 valence electrons. The molecule has 1 unspecified atom stereocenters. The molecule has 5 heteroatoms. The Morgan fingerprint density at radius 3 is 2.70 bits per heavy atom. The minimum Gasteiger partial charge on any atom is -0.496 e. The summed E-state index contributed by atoms with van der Waals surface area (Å²) < 4.78 is 5.23. The van der Waals surface area contributed by atoms with E-state index < -0.39 is 0 Å². The van der Waals surface area contributed by atoms with Crippen LogP contribution in [-0.4, -0.2) is 25.6 Å². The van der Waals surface area contributed by atoms with Crippen LogP contribution in [0.2, 0.25) is 5.02 Å². The average molecular weight is 299 g/mol. The predicted octanol–water partition coefficient (Wildman–Crippen LogP) is 2.38. The molecule has 1 aromatic carbocycles. The molecule has 0 aromatic heterocycles. The SMILES string of the molecule is COc1ccc(Cl)cc1CC(=O)NC(CN)CC(C)C. The minimum atomic E-state index is -0.0679. The third-order valence-electron chi connectivity index (χ3n) is 3.00. The lowest BCUT2D eigenvalue weighted by Gasteiger charge is -2.19. The number of nitrogens with one attached hydrogen (secondary N) is 1. The van der Waals surface area contributed by atoms with E-state index in [-0.39, 0.29) is 18.4 Å². The topological polar surface area (TPSA) is 64.3 Å². The molecule has 0 saturated carbocycles. The highest BCUT2D eigenvalue weighted by Crippen LogP contribution is 2.23. The van der Waals surface area contributed by atoms with Gasteiger partial charge in [-0.1, -0.05) is 25.4 Å². The highest BCUT2D eigenvalue weighted by Gasteiger charge is 2.14. The molecule has 0 spiro atoms. The first-order chi connectivity index (χ1) is 9.46. The molecule has 1 rings (SSSR count). The molecule has 1 amide bonds. The van der Waals surface area contributed by atoms with Crippen molar-refractivity contribution in [3.8, 4) is 5.75 Å². The highest BCUT2D eigenvalue weighted by molar-refractivity contribution is 6.30. The van der Waals surface area contributed by atoms with Gasteiger partial charge in [0.15, 0.2) is 0 Å². The third kappa shape index (κ3) is 5.39. The van der Waals surface area contributed by atoms with Crippen molar-refractivity contribution < 1.29 is 9.53 Å². The number of nitrogens with two attached hydrogens (primary N) is 1. The lowest BCUT2D eigenvalue weighted by atomic mass is 10.0. The van der Waals surface area contributed by atoms with Crippen LogP contribution in [0.5, 0.6) is 5.75 Å².